The molecule has 0 spiro atoms. The molecule has 21 heavy (non-hydrogen) atoms. The Morgan fingerprint density at radius 1 is 1.00 bits per heavy atom. The van der Waals surface area contributed by atoms with E-state index in [1.165, 1.54) is 14.2 Å². The molecule has 0 fully saturated rings. The van der Waals surface area contributed by atoms with Crippen LogP contribution in [0.15, 0.2) is 12.1 Å². The van der Waals surface area contributed by atoms with E-state index in [0.717, 1.165) is 5.56 Å². The highest BCUT2D eigenvalue weighted by Gasteiger charge is 2.23. The molecule has 1 aromatic rings. The predicted octanol–water partition coefficient (Wildman–Crippen LogP) is 2.78. The maximum atomic E-state index is 13.6. The summed E-state index contributed by atoms with van der Waals surface area (Å²) in [6.45, 7) is 0.510. The Kier molecular flexibility index (Phi) is 6.81. The molecule has 3 unspecified atom stereocenters. The van der Waals surface area contributed by atoms with Gasteiger partial charge in [-0.2, -0.15) is 0 Å². The number of benzene rings is 1. The molecule has 0 bridgehead atoms. The van der Waals surface area contributed by atoms with Gasteiger partial charge in [-0.1, -0.05) is 0 Å². The van der Waals surface area contributed by atoms with Crippen molar-refractivity contribution >= 4 is 0 Å². The van der Waals surface area contributed by atoms with Crippen molar-refractivity contribution in [3.05, 3.63) is 23.3 Å². The van der Waals surface area contributed by atoms with Crippen molar-refractivity contribution < 1.29 is 22.6 Å². The first-order valence-electron chi connectivity index (χ1n) is 6.76. The van der Waals surface area contributed by atoms with Gasteiger partial charge in [0.05, 0.1) is 14.2 Å². The Morgan fingerprint density at radius 3 is 1.86 bits per heavy atom. The number of halogens is 3. The first-order valence-corrected chi connectivity index (χ1v) is 6.76. The van der Waals surface area contributed by atoms with Gasteiger partial charge in [0.25, 0.3) is 0 Å². The van der Waals surface area contributed by atoms with Crippen LogP contribution in [0.25, 0.3) is 0 Å². The Morgan fingerprint density at radius 2 is 1.48 bits per heavy atom. The monoisotopic (exact) mass is 305 g/mol. The van der Waals surface area contributed by atoms with Crippen LogP contribution in [0, 0.1) is 0 Å². The maximum Gasteiger partial charge on any atom is 0.160 e. The molecule has 0 amide bonds. The molecule has 1 aromatic carbocycles. The van der Waals surface area contributed by atoms with Crippen molar-refractivity contribution in [2.75, 3.05) is 20.9 Å². The van der Waals surface area contributed by atoms with Gasteiger partial charge in [-0.15, -0.1) is 0 Å². The Balaban J connectivity index is 3.08. The first kappa shape index (κ1) is 17.6. The van der Waals surface area contributed by atoms with Crippen LogP contribution < -0.4 is 15.2 Å². The fourth-order valence-corrected chi connectivity index (χ4v) is 2.12. The first-order chi connectivity index (χ1) is 9.92. The summed E-state index contributed by atoms with van der Waals surface area (Å²) in [6.07, 6.45) is -3.77. The second-order valence-electron chi connectivity index (χ2n) is 5.05. The number of alkyl halides is 3. The normalized spacial score (nSPS) is 15.4. The smallest absolute Gasteiger partial charge is 0.160 e. The van der Waals surface area contributed by atoms with Crippen molar-refractivity contribution in [3.63, 3.8) is 0 Å². The Bertz CT molecular complexity index is 455. The summed E-state index contributed by atoms with van der Waals surface area (Å²) in [5, 5.41) is 0. The van der Waals surface area contributed by atoms with Gasteiger partial charge in [0, 0.05) is 18.0 Å². The van der Waals surface area contributed by atoms with Crippen molar-refractivity contribution in [2.45, 2.75) is 38.2 Å². The van der Waals surface area contributed by atoms with E-state index in [1.54, 1.807) is 12.1 Å². The summed E-state index contributed by atoms with van der Waals surface area (Å²) in [6, 6.07) is 3.21. The highest BCUT2D eigenvalue weighted by atomic mass is 19.2. The van der Waals surface area contributed by atoms with Crippen molar-refractivity contribution in [1.29, 1.82) is 0 Å². The van der Waals surface area contributed by atoms with E-state index in [-0.39, 0.29) is 12.5 Å². The topological polar surface area (TPSA) is 44.5 Å². The lowest BCUT2D eigenvalue weighted by molar-refractivity contribution is 0.136. The molecule has 0 aliphatic carbocycles. The van der Waals surface area contributed by atoms with Crippen LogP contribution in [0.3, 0.4) is 0 Å². The van der Waals surface area contributed by atoms with Gasteiger partial charge < -0.3 is 15.2 Å². The van der Waals surface area contributed by atoms with Crippen LogP contribution in [0.5, 0.6) is 11.5 Å². The summed E-state index contributed by atoms with van der Waals surface area (Å²) >= 11 is 0. The van der Waals surface area contributed by atoms with E-state index < -0.39 is 19.0 Å². The number of methoxy groups -OCH3 is 2. The van der Waals surface area contributed by atoms with Crippen LogP contribution in [0.2, 0.25) is 0 Å². The minimum absolute atomic E-state index is 0.0786. The Hall–Kier alpha value is -1.43. The minimum Gasteiger partial charge on any atom is -0.496 e. The SMILES string of the molecule is COc1cc(CC(F)C(F)CF)c(OC)cc1CC(C)N. The fraction of sp³-hybridized carbons (Fsp3) is 0.600. The average molecular weight is 305 g/mol. The number of hydrogen-bond acceptors (Lipinski definition) is 3. The molecule has 0 aromatic heterocycles. The van der Waals surface area contributed by atoms with E-state index in [4.69, 9.17) is 15.2 Å². The summed E-state index contributed by atoms with van der Waals surface area (Å²) in [5.41, 5.74) is 7.03. The van der Waals surface area contributed by atoms with Gasteiger partial charge >= 0.3 is 0 Å². The molecule has 0 radical (unpaired) electrons. The van der Waals surface area contributed by atoms with Gasteiger partial charge in [-0.05, 0) is 31.0 Å². The Labute approximate surface area is 123 Å². The zero-order valence-corrected chi connectivity index (χ0v) is 12.5. The molecule has 120 valence electrons. The van der Waals surface area contributed by atoms with Crippen molar-refractivity contribution in [3.8, 4) is 11.5 Å². The molecule has 0 aliphatic rings. The zero-order valence-electron chi connectivity index (χ0n) is 12.5. The number of ether oxygens (including phenoxy) is 2. The molecule has 2 N–H and O–H groups in total. The molecule has 0 saturated heterocycles. The van der Waals surface area contributed by atoms with E-state index in [1.807, 2.05) is 6.92 Å². The molecule has 0 aliphatic heterocycles. The van der Waals surface area contributed by atoms with E-state index in [0.29, 0.717) is 23.5 Å². The third kappa shape index (κ3) is 4.81. The molecule has 3 atom stereocenters. The lowest BCUT2D eigenvalue weighted by Gasteiger charge is -2.18. The van der Waals surface area contributed by atoms with Crippen molar-refractivity contribution in [2.24, 2.45) is 5.73 Å². The van der Waals surface area contributed by atoms with E-state index in [9.17, 15) is 13.2 Å². The number of nitrogens with two attached hydrogens (primary N) is 1. The molecule has 0 saturated carbocycles. The third-order valence-corrected chi connectivity index (χ3v) is 3.18. The van der Waals surface area contributed by atoms with Crippen LogP contribution >= 0.6 is 0 Å². The van der Waals surface area contributed by atoms with E-state index in [2.05, 4.69) is 0 Å². The van der Waals surface area contributed by atoms with Gasteiger partial charge in [0.15, 0.2) is 6.17 Å². The maximum absolute atomic E-state index is 13.6. The summed E-state index contributed by atoms with van der Waals surface area (Å²) in [7, 11) is 2.93. The second-order valence-corrected chi connectivity index (χ2v) is 5.05. The van der Waals surface area contributed by atoms with Gasteiger partial charge in [-0.3, -0.25) is 0 Å². The average Bonchev–Trinajstić information content (AvgIpc) is 2.46. The lowest BCUT2D eigenvalue weighted by Crippen LogP contribution is -2.22. The molecule has 6 heteroatoms. The third-order valence-electron chi connectivity index (χ3n) is 3.18. The zero-order chi connectivity index (χ0) is 16.0. The molecular weight excluding hydrogens is 283 g/mol. The molecule has 3 nitrogen and oxygen atoms in total. The summed E-state index contributed by atoms with van der Waals surface area (Å²) in [4.78, 5) is 0. The molecular formula is C15H22F3NO2. The second kappa shape index (κ2) is 8.12. The van der Waals surface area contributed by atoms with Gasteiger partial charge in [0.2, 0.25) is 0 Å². The number of rotatable bonds is 8. The van der Waals surface area contributed by atoms with Crippen LogP contribution in [0.1, 0.15) is 18.1 Å². The molecule has 1 rings (SSSR count). The highest BCUT2D eigenvalue weighted by molar-refractivity contribution is 5.47. The largest absolute Gasteiger partial charge is 0.496 e. The van der Waals surface area contributed by atoms with Gasteiger partial charge in [0.1, 0.15) is 24.3 Å². The number of hydrogen-bond donors (Lipinski definition) is 1. The summed E-state index contributed by atoms with van der Waals surface area (Å²) < 4.78 is 49.3. The van der Waals surface area contributed by atoms with E-state index >= 15 is 0 Å². The quantitative estimate of drug-likeness (QED) is 0.803. The highest BCUT2D eigenvalue weighted by Crippen LogP contribution is 2.31. The van der Waals surface area contributed by atoms with Crippen LogP contribution in [-0.2, 0) is 12.8 Å². The standard InChI is InChI=1S/C15H22F3NO2/c1-9(19)4-10-6-15(21-3)11(7-14(10)20-2)5-12(17)13(18)8-16/h6-7,9,12-13H,4-5,8,19H2,1-3H3. The summed E-state index contributed by atoms with van der Waals surface area (Å²) in [5.74, 6) is 0.950. The van der Waals surface area contributed by atoms with Gasteiger partial charge in [-0.25, -0.2) is 13.2 Å². The fourth-order valence-electron chi connectivity index (χ4n) is 2.12. The lowest BCUT2D eigenvalue weighted by atomic mass is 9.99. The van der Waals surface area contributed by atoms with Crippen LogP contribution in [-0.4, -0.2) is 39.3 Å². The van der Waals surface area contributed by atoms with Crippen molar-refractivity contribution in [1.82, 2.24) is 0 Å². The predicted molar refractivity (Wildman–Crippen MR) is 76.4 cm³/mol. The van der Waals surface area contributed by atoms with Crippen LogP contribution in [0.4, 0.5) is 13.2 Å². The minimum atomic E-state index is -2.13. The molecule has 0 heterocycles.